The van der Waals surface area contributed by atoms with Gasteiger partial charge in [0, 0.05) is 27.3 Å². The maximum absolute atomic E-state index is 14.4. The Morgan fingerprint density at radius 1 is 1.11 bits per heavy atom. The van der Waals surface area contributed by atoms with Crippen LogP contribution in [0.25, 0.3) is 10.9 Å². The minimum Gasteiger partial charge on any atom is -0.493 e. The summed E-state index contributed by atoms with van der Waals surface area (Å²) < 4.78 is 55.3. The number of benzene rings is 2. The maximum Gasteiger partial charge on any atom is 0.296 e. The van der Waals surface area contributed by atoms with E-state index < -0.39 is 16.0 Å². The number of halogens is 2. The number of hydrogen-bond donors (Lipinski definition) is 2. The Labute approximate surface area is 174 Å². The molecule has 148 valence electrons. The molecule has 3 aromatic rings. The summed E-state index contributed by atoms with van der Waals surface area (Å²) in [6.45, 7) is 0. The molecule has 8 nitrogen and oxygen atoms in total. The van der Waals surface area contributed by atoms with Gasteiger partial charge >= 0.3 is 0 Å². The molecule has 0 radical (unpaired) electrons. The van der Waals surface area contributed by atoms with E-state index in [-0.39, 0.29) is 15.0 Å². The van der Waals surface area contributed by atoms with Gasteiger partial charge in [-0.1, -0.05) is 0 Å². The number of methoxy groups -OCH3 is 2. The molecule has 0 fully saturated rings. The fourth-order valence-electron chi connectivity index (χ4n) is 2.51. The number of aromatic nitrogens is 1. The molecule has 28 heavy (non-hydrogen) atoms. The van der Waals surface area contributed by atoms with Crippen molar-refractivity contribution in [2.24, 2.45) is 5.14 Å². The van der Waals surface area contributed by atoms with Gasteiger partial charge in [0.1, 0.15) is 11.5 Å². The Bertz CT molecular complexity index is 1130. The first kappa shape index (κ1) is 20.4. The van der Waals surface area contributed by atoms with Gasteiger partial charge in [-0.05, 0) is 40.8 Å². The molecule has 0 amide bonds. The standard InChI is InChI=1S/C17H15FIN3O5S/c1-25-15-7-10-13(8-16(15)26-2)21-4-3-14(10)27-9-5-11(18)17(12(19)6-9)22-28(20,23)24/h3-8,22H,1-2H3,(H2,20,23,24). The zero-order chi connectivity index (χ0) is 20.5. The molecule has 3 rings (SSSR count). The van der Waals surface area contributed by atoms with Crippen LogP contribution in [-0.2, 0) is 10.2 Å². The normalized spacial score (nSPS) is 11.3. The zero-order valence-corrected chi connectivity index (χ0v) is 17.7. The number of nitrogens with one attached hydrogen (secondary N) is 1. The van der Waals surface area contributed by atoms with E-state index in [1.165, 1.54) is 20.3 Å². The summed E-state index contributed by atoms with van der Waals surface area (Å²) in [7, 11) is -1.08. The first-order valence-electron chi connectivity index (χ1n) is 7.70. The SMILES string of the molecule is COc1cc2nccc(Oc3cc(F)c(NS(N)(=O)=O)c(I)c3)c2cc1OC. The third kappa shape index (κ3) is 4.36. The van der Waals surface area contributed by atoms with E-state index >= 15 is 0 Å². The Hall–Kier alpha value is -2.38. The lowest BCUT2D eigenvalue weighted by molar-refractivity contribution is 0.355. The number of nitrogens with two attached hydrogens (primary N) is 1. The van der Waals surface area contributed by atoms with Crippen LogP contribution >= 0.6 is 22.6 Å². The van der Waals surface area contributed by atoms with Crippen LogP contribution in [0.4, 0.5) is 10.1 Å². The van der Waals surface area contributed by atoms with Crippen LogP contribution < -0.4 is 24.1 Å². The number of fused-ring (bicyclic) bond motifs is 1. The molecule has 0 atom stereocenters. The number of rotatable bonds is 6. The molecule has 11 heteroatoms. The van der Waals surface area contributed by atoms with Crippen LogP contribution in [0.15, 0.2) is 36.5 Å². The van der Waals surface area contributed by atoms with E-state index in [1.807, 2.05) is 4.72 Å². The highest BCUT2D eigenvalue weighted by Crippen LogP contribution is 2.38. The van der Waals surface area contributed by atoms with E-state index in [0.717, 1.165) is 6.07 Å². The second-order valence-corrected chi connectivity index (χ2v) is 8.00. The van der Waals surface area contributed by atoms with E-state index in [2.05, 4.69) is 4.98 Å². The number of hydrogen-bond acceptors (Lipinski definition) is 6. The fraction of sp³-hybridized carbons (Fsp3) is 0.118. The molecule has 1 heterocycles. The van der Waals surface area contributed by atoms with E-state index in [4.69, 9.17) is 19.3 Å². The molecule has 0 aliphatic carbocycles. The van der Waals surface area contributed by atoms with Crippen molar-refractivity contribution in [3.05, 3.63) is 45.9 Å². The van der Waals surface area contributed by atoms with E-state index in [0.29, 0.717) is 28.2 Å². The molecule has 0 bridgehead atoms. The third-order valence-corrected chi connectivity index (χ3v) is 5.03. The summed E-state index contributed by atoms with van der Waals surface area (Å²) in [4.78, 5) is 4.28. The van der Waals surface area contributed by atoms with Crippen molar-refractivity contribution in [1.29, 1.82) is 0 Å². The molecule has 1 aromatic heterocycles. The summed E-state index contributed by atoms with van der Waals surface area (Å²) in [5.41, 5.74) is 0.347. The highest BCUT2D eigenvalue weighted by atomic mass is 127. The highest BCUT2D eigenvalue weighted by molar-refractivity contribution is 14.1. The smallest absolute Gasteiger partial charge is 0.296 e. The van der Waals surface area contributed by atoms with Gasteiger partial charge in [-0.2, -0.15) is 8.42 Å². The average Bonchev–Trinajstić information content (AvgIpc) is 2.63. The Morgan fingerprint density at radius 2 is 1.79 bits per heavy atom. The number of ether oxygens (including phenoxy) is 3. The van der Waals surface area contributed by atoms with Crippen LogP contribution in [0.2, 0.25) is 0 Å². The minimum absolute atomic E-state index is 0.171. The minimum atomic E-state index is -4.11. The molecular weight excluding hydrogens is 504 g/mol. The van der Waals surface area contributed by atoms with Crippen molar-refractivity contribution in [1.82, 2.24) is 4.98 Å². The van der Waals surface area contributed by atoms with Gasteiger partial charge in [0.25, 0.3) is 10.2 Å². The van der Waals surface area contributed by atoms with Crippen LogP contribution in [-0.4, -0.2) is 27.6 Å². The Morgan fingerprint density at radius 3 is 2.39 bits per heavy atom. The van der Waals surface area contributed by atoms with Gasteiger partial charge in [0.2, 0.25) is 0 Å². The molecule has 2 aromatic carbocycles. The maximum atomic E-state index is 14.4. The van der Waals surface area contributed by atoms with E-state index in [1.54, 1.807) is 47.0 Å². The van der Waals surface area contributed by atoms with Gasteiger partial charge in [0.15, 0.2) is 17.3 Å². The van der Waals surface area contributed by atoms with Crippen molar-refractivity contribution in [3.8, 4) is 23.0 Å². The monoisotopic (exact) mass is 519 g/mol. The molecule has 0 aliphatic rings. The molecular formula is C17H15FIN3O5S. The molecule has 0 spiro atoms. The Balaban J connectivity index is 2.03. The average molecular weight is 519 g/mol. The number of nitrogens with zero attached hydrogens (tertiary/aromatic N) is 1. The zero-order valence-electron chi connectivity index (χ0n) is 14.7. The number of anilines is 1. The summed E-state index contributed by atoms with van der Waals surface area (Å²) in [6, 6.07) is 7.56. The van der Waals surface area contributed by atoms with Crippen molar-refractivity contribution in [2.45, 2.75) is 0 Å². The molecule has 0 saturated heterocycles. The largest absolute Gasteiger partial charge is 0.493 e. The van der Waals surface area contributed by atoms with Gasteiger partial charge < -0.3 is 14.2 Å². The molecule has 3 N–H and O–H groups in total. The van der Waals surface area contributed by atoms with E-state index in [9.17, 15) is 12.8 Å². The van der Waals surface area contributed by atoms with Crippen molar-refractivity contribution in [3.63, 3.8) is 0 Å². The Kier molecular flexibility index (Phi) is 5.76. The number of pyridine rings is 1. The quantitative estimate of drug-likeness (QED) is 0.483. The van der Waals surface area contributed by atoms with Gasteiger partial charge in [-0.3, -0.25) is 9.71 Å². The van der Waals surface area contributed by atoms with Crippen LogP contribution in [0.1, 0.15) is 0 Å². The van der Waals surface area contributed by atoms with Crippen LogP contribution in [0.3, 0.4) is 0 Å². The lowest BCUT2D eigenvalue weighted by atomic mass is 10.2. The highest BCUT2D eigenvalue weighted by Gasteiger charge is 2.16. The van der Waals surface area contributed by atoms with Crippen molar-refractivity contribution >= 4 is 49.4 Å². The summed E-state index contributed by atoms with van der Waals surface area (Å²) in [5, 5.41) is 5.54. The summed E-state index contributed by atoms with van der Waals surface area (Å²) in [6.07, 6.45) is 1.54. The molecule has 0 aliphatic heterocycles. The molecule has 0 unspecified atom stereocenters. The summed E-state index contributed by atoms with van der Waals surface area (Å²) >= 11 is 1.78. The van der Waals surface area contributed by atoms with Gasteiger partial charge in [-0.25, -0.2) is 9.53 Å². The lowest BCUT2D eigenvalue weighted by Crippen LogP contribution is -2.23. The second kappa shape index (κ2) is 7.93. The van der Waals surface area contributed by atoms with Crippen LogP contribution in [0, 0.1) is 9.39 Å². The van der Waals surface area contributed by atoms with Crippen molar-refractivity contribution < 1.29 is 27.0 Å². The second-order valence-electron chi connectivity index (χ2n) is 5.54. The van der Waals surface area contributed by atoms with Crippen molar-refractivity contribution in [2.75, 3.05) is 18.9 Å². The summed E-state index contributed by atoms with van der Waals surface area (Å²) in [5.74, 6) is 0.756. The third-order valence-electron chi connectivity index (χ3n) is 3.69. The van der Waals surface area contributed by atoms with Gasteiger partial charge in [-0.15, -0.1) is 0 Å². The predicted molar refractivity (Wildman–Crippen MR) is 111 cm³/mol. The molecule has 0 saturated carbocycles. The lowest BCUT2D eigenvalue weighted by Gasteiger charge is -2.14. The van der Waals surface area contributed by atoms with Crippen LogP contribution in [0.5, 0.6) is 23.0 Å². The van der Waals surface area contributed by atoms with Gasteiger partial charge in [0.05, 0.1) is 25.4 Å². The predicted octanol–water partition coefficient (Wildman–Crippen LogP) is 3.40. The fourth-order valence-corrected chi connectivity index (χ4v) is 3.89. The first-order chi connectivity index (χ1) is 13.2. The topological polar surface area (TPSA) is 113 Å². The first-order valence-corrected chi connectivity index (χ1v) is 10.3.